The van der Waals surface area contributed by atoms with Crippen LogP contribution in [0.4, 0.5) is 5.69 Å². The molecule has 0 saturated carbocycles. The van der Waals surface area contributed by atoms with E-state index in [1.807, 2.05) is 6.92 Å². The molecule has 0 aromatic carbocycles. The van der Waals surface area contributed by atoms with E-state index in [1.165, 1.54) is 6.20 Å². The first-order valence-electron chi connectivity index (χ1n) is 5.54. The van der Waals surface area contributed by atoms with Gasteiger partial charge in [-0.2, -0.15) is 0 Å². The standard InChI is InChI=1S/C12H19N3O/c1-4-12(3,5-2)15-11(16)9-6-7-14-8-10(9)13/h6-8H,4-5,13H2,1-3H3,(H,15,16). The van der Waals surface area contributed by atoms with Crippen LogP contribution in [0.15, 0.2) is 18.5 Å². The third-order valence-electron chi connectivity index (χ3n) is 3.07. The van der Waals surface area contributed by atoms with Gasteiger partial charge in [0, 0.05) is 11.7 Å². The molecular formula is C12H19N3O. The second-order valence-electron chi connectivity index (χ2n) is 4.18. The lowest BCUT2D eigenvalue weighted by molar-refractivity contribution is 0.0902. The average molecular weight is 221 g/mol. The molecule has 0 saturated heterocycles. The molecule has 0 spiro atoms. The number of nitrogen functional groups attached to an aromatic ring is 1. The Morgan fingerprint density at radius 2 is 2.12 bits per heavy atom. The number of aromatic nitrogens is 1. The highest BCUT2D eigenvalue weighted by Crippen LogP contribution is 2.16. The van der Waals surface area contributed by atoms with Crippen molar-refractivity contribution in [3.8, 4) is 0 Å². The van der Waals surface area contributed by atoms with Crippen LogP contribution in [0, 0.1) is 0 Å². The summed E-state index contributed by atoms with van der Waals surface area (Å²) in [4.78, 5) is 15.8. The number of carbonyl (C=O) groups excluding carboxylic acids is 1. The molecule has 0 unspecified atom stereocenters. The summed E-state index contributed by atoms with van der Waals surface area (Å²) in [6, 6.07) is 1.64. The molecule has 88 valence electrons. The van der Waals surface area contributed by atoms with Crippen LogP contribution < -0.4 is 11.1 Å². The SMILES string of the molecule is CCC(C)(CC)NC(=O)c1ccncc1N. The van der Waals surface area contributed by atoms with Gasteiger partial charge >= 0.3 is 0 Å². The van der Waals surface area contributed by atoms with Gasteiger partial charge in [0.15, 0.2) is 0 Å². The summed E-state index contributed by atoms with van der Waals surface area (Å²) in [6.45, 7) is 6.14. The summed E-state index contributed by atoms with van der Waals surface area (Å²) in [5.74, 6) is -0.133. The van der Waals surface area contributed by atoms with Crippen LogP contribution in [-0.2, 0) is 0 Å². The Bertz CT molecular complexity index is 372. The smallest absolute Gasteiger partial charge is 0.253 e. The largest absolute Gasteiger partial charge is 0.397 e. The van der Waals surface area contributed by atoms with Crippen LogP contribution in [0.25, 0.3) is 0 Å². The number of hydrogen-bond donors (Lipinski definition) is 2. The van der Waals surface area contributed by atoms with E-state index in [0.717, 1.165) is 12.8 Å². The van der Waals surface area contributed by atoms with Crippen molar-refractivity contribution in [2.24, 2.45) is 0 Å². The van der Waals surface area contributed by atoms with Crippen LogP contribution in [0.3, 0.4) is 0 Å². The number of pyridine rings is 1. The molecule has 0 aliphatic rings. The minimum atomic E-state index is -0.174. The van der Waals surface area contributed by atoms with Crippen molar-refractivity contribution in [3.05, 3.63) is 24.0 Å². The summed E-state index contributed by atoms with van der Waals surface area (Å²) in [6.07, 6.45) is 4.84. The maximum Gasteiger partial charge on any atom is 0.253 e. The van der Waals surface area contributed by atoms with Crippen molar-refractivity contribution in [3.63, 3.8) is 0 Å². The monoisotopic (exact) mass is 221 g/mol. The summed E-state index contributed by atoms with van der Waals surface area (Å²) in [5.41, 5.74) is 6.43. The molecule has 0 fully saturated rings. The second-order valence-corrected chi connectivity index (χ2v) is 4.18. The van der Waals surface area contributed by atoms with Crippen LogP contribution in [0.2, 0.25) is 0 Å². The van der Waals surface area contributed by atoms with Crippen molar-refractivity contribution in [2.45, 2.75) is 39.2 Å². The van der Waals surface area contributed by atoms with Crippen molar-refractivity contribution in [1.82, 2.24) is 10.3 Å². The highest BCUT2D eigenvalue weighted by molar-refractivity contribution is 5.99. The predicted molar refractivity (Wildman–Crippen MR) is 65.1 cm³/mol. The number of anilines is 1. The Morgan fingerprint density at radius 1 is 1.50 bits per heavy atom. The third kappa shape index (κ3) is 2.72. The molecule has 1 heterocycles. The van der Waals surface area contributed by atoms with Gasteiger partial charge in [-0.1, -0.05) is 13.8 Å². The fraction of sp³-hybridized carbons (Fsp3) is 0.500. The Balaban J connectivity index is 2.84. The maximum absolute atomic E-state index is 12.0. The molecule has 0 bridgehead atoms. The van der Waals surface area contributed by atoms with E-state index in [-0.39, 0.29) is 11.4 Å². The van der Waals surface area contributed by atoms with Crippen LogP contribution in [0.1, 0.15) is 44.0 Å². The molecule has 0 radical (unpaired) electrons. The predicted octanol–water partition coefficient (Wildman–Crippen LogP) is 1.97. The van der Waals surface area contributed by atoms with Crippen LogP contribution in [-0.4, -0.2) is 16.4 Å². The van der Waals surface area contributed by atoms with E-state index < -0.39 is 0 Å². The average Bonchev–Trinajstić information content (AvgIpc) is 2.29. The van der Waals surface area contributed by atoms with Gasteiger partial charge in [-0.15, -0.1) is 0 Å². The molecule has 4 nitrogen and oxygen atoms in total. The van der Waals surface area contributed by atoms with E-state index in [4.69, 9.17) is 5.73 Å². The fourth-order valence-corrected chi connectivity index (χ4v) is 1.38. The van der Waals surface area contributed by atoms with Crippen LogP contribution >= 0.6 is 0 Å². The van der Waals surface area contributed by atoms with Crippen molar-refractivity contribution < 1.29 is 4.79 Å². The van der Waals surface area contributed by atoms with Gasteiger partial charge < -0.3 is 11.1 Å². The number of carbonyl (C=O) groups is 1. The zero-order valence-electron chi connectivity index (χ0n) is 10.1. The molecule has 1 amide bonds. The zero-order valence-corrected chi connectivity index (χ0v) is 10.1. The molecular weight excluding hydrogens is 202 g/mol. The fourth-order valence-electron chi connectivity index (χ4n) is 1.38. The molecule has 16 heavy (non-hydrogen) atoms. The summed E-state index contributed by atoms with van der Waals surface area (Å²) < 4.78 is 0. The Labute approximate surface area is 96.3 Å². The number of amides is 1. The van der Waals surface area contributed by atoms with Crippen molar-refractivity contribution in [1.29, 1.82) is 0 Å². The lowest BCUT2D eigenvalue weighted by Gasteiger charge is -2.28. The topological polar surface area (TPSA) is 68.0 Å². The first-order chi connectivity index (χ1) is 7.52. The first kappa shape index (κ1) is 12.5. The molecule has 0 aliphatic carbocycles. The van der Waals surface area contributed by atoms with Gasteiger partial charge in [0.1, 0.15) is 0 Å². The number of nitrogens with one attached hydrogen (secondary N) is 1. The second kappa shape index (κ2) is 4.96. The van der Waals surface area contributed by atoms with Gasteiger partial charge in [-0.05, 0) is 25.8 Å². The van der Waals surface area contributed by atoms with Gasteiger partial charge in [0.25, 0.3) is 5.91 Å². The van der Waals surface area contributed by atoms with Gasteiger partial charge in [-0.3, -0.25) is 9.78 Å². The van der Waals surface area contributed by atoms with E-state index in [2.05, 4.69) is 24.1 Å². The van der Waals surface area contributed by atoms with E-state index in [1.54, 1.807) is 12.3 Å². The molecule has 3 N–H and O–H groups in total. The number of nitrogens with two attached hydrogens (primary N) is 1. The lowest BCUT2D eigenvalue weighted by atomic mass is 9.95. The lowest BCUT2D eigenvalue weighted by Crippen LogP contribution is -2.45. The van der Waals surface area contributed by atoms with Gasteiger partial charge in [-0.25, -0.2) is 0 Å². The minimum Gasteiger partial charge on any atom is -0.397 e. The summed E-state index contributed by atoms with van der Waals surface area (Å²) in [7, 11) is 0. The van der Waals surface area contributed by atoms with Crippen molar-refractivity contribution >= 4 is 11.6 Å². The number of rotatable bonds is 4. The van der Waals surface area contributed by atoms with Gasteiger partial charge in [0.05, 0.1) is 17.4 Å². The zero-order chi connectivity index (χ0) is 12.2. The quantitative estimate of drug-likeness (QED) is 0.816. The minimum absolute atomic E-state index is 0.133. The Hall–Kier alpha value is -1.58. The summed E-state index contributed by atoms with van der Waals surface area (Å²) >= 11 is 0. The molecule has 0 aliphatic heterocycles. The highest BCUT2D eigenvalue weighted by atomic mass is 16.1. The van der Waals surface area contributed by atoms with E-state index >= 15 is 0 Å². The number of nitrogens with zero attached hydrogens (tertiary/aromatic N) is 1. The maximum atomic E-state index is 12.0. The molecule has 4 heteroatoms. The van der Waals surface area contributed by atoms with E-state index in [9.17, 15) is 4.79 Å². The van der Waals surface area contributed by atoms with Crippen molar-refractivity contribution in [2.75, 3.05) is 5.73 Å². The highest BCUT2D eigenvalue weighted by Gasteiger charge is 2.23. The Morgan fingerprint density at radius 3 is 2.62 bits per heavy atom. The van der Waals surface area contributed by atoms with Gasteiger partial charge in [0.2, 0.25) is 0 Å². The van der Waals surface area contributed by atoms with Crippen LogP contribution in [0.5, 0.6) is 0 Å². The molecule has 1 aromatic rings. The molecule has 1 aromatic heterocycles. The third-order valence-corrected chi connectivity index (χ3v) is 3.07. The Kier molecular flexibility index (Phi) is 3.88. The first-order valence-corrected chi connectivity index (χ1v) is 5.54. The summed E-state index contributed by atoms with van der Waals surface area (Å²) in [5, 5.41) is 3.00. The number of hydrogen-bond acceptors (Lipinski definition) is 3. The van der Waals surface area contributed by atoms with E-state index in [0.29, 0.717) is 11.3 Å². The normalized spacial score (nSPS) is 11.2. The molecule has 0 atom stereocenters. The molecule has 1 rings (SSSR count).